The Labute approximate surface area is 179 Å². The van der Waals surface area contributed by atoms with Crippen LogP contribution in [0, 0.1) is 0 Å². The van der Waals surface area contributed by atoms with Gasteiger partial charge >= 0.3 is 0 Å². The summed E-state index contributed by atoms with van der Waals surface area (Å²) in [5, 5.41) is 0. The van der Waals surface area contributed by atoms with E-state index in [9.17, 15) is 0 Å². The molecule has 0 spiro atoms. The molecule has 0 saturated carbocycles. The molecule has 1 aromatic rings. The van der Waals surface area contributed by atoms with Crippen LogP contribution < -0.4 is 14.7 Å². The van der Waals surface area contributed by atoms with Crippen molar-refractivity contribution in [2.45, 2.75) is 90.5 Å². The summed E-state index contributed by atoms with van der Waals surface area (Å²) in [5.74, 6) is 0. The van der Waals surface area contributed by atoms with Crippen LogP contribution >= 0.6 is 7.82 Å². The standard InChI is InChI=1S/C23H42N.H3O4P/c1-4-5-6-7-8-9-10-11-12-13-14-18-21-24(2,3)22-23-19-16-15-17-20-23;1-5(2,3)4/h15-17,19-20H,4-14,18,21-22H2,1-3H3;(H3,1,2,3,4)/q+1;/p-3. The van der Waals surface area contributed by atoms with Gasteiger partial charge in [0.05, 0.1) is 20.6 Å². The number of nitrogens with zero attached hydrogens (tertiary/aromatic N) is 1. The Morgan fingerprint density at radius 2 is 1.10 bits per heavy atom. The van der Waals surface area contributed by atoms with Crippen molar-refractivity contribution < 1.29 is 23.7 Å². The predicted molar refractivity (Wildman–Crippen MR) is 116 cm³/mol. The van der Waals surface area contributed by atoms with Crippen LogP contribution in [0.4, 0.5) is 0 Å². The SMILES string of the molecule is CCCCCCCCCCCCCC[N+](C)(C)Cc1ccccc1.O=P([O-])([O-])[O-]. The van der Waals surface area contributed by atoms with Gasteiger partial charge in [-0.1, -0.05) is 101 Å². The van der Waals surface area contributed by atoms with E-state index in [4.69, 9.17) is 19.2 Å². The number of hydrogen-bond acceptors (Lipinski definition) is 4. The first-order valence-electron chi connectivity index (χ1n) is 11.2. The van der Waals surface area contributed by atoms with E-state index in [1.807, 2.05) is 0 Å². The first-order chi connectivity index (χ1) is 13.6. The van der Waals surface area contributed by atoms with Gasteiger partial charge in [0, 0.05) is 5.56 Å². The lowest BCUT2D eigenvalue weighted by Gasteiger charge is -2.36. The summed E-state index contributed by atoms with van der Waals surface area (Å²) in [6.07, 6.45) is 17.2. The maximum absolute atomic E-state index is 8.55. The van der Waals surface area contributed by atoms with Gasteiger partial charge in [-0.25, -0.2) is 0 Å². The van der Waals surface area contributed by atoms with Gasteiger partial charge in [0.2, 0.25) is 0 Å². The summed E-state index contributed by atoms with van der Waals surface area (Å²) in [6, 6.07) is 10.9. The topological polar surface area (TPSA) is 86.2 Å². The fourth-order valence-electron chi connectivity index (χ4n) is 3.54. The van der Waals surface area contributed by atoms with E-state index in [0.29, 0.717) is 0 Å². The van der Waals surface area contributed by atoms with Crippen molar-refractivity contribution in [3.05, 3.63) is 35.9 Å². The van der Waals surface area contributed by atoms with Crippen LogP contribution in [0.25, 0.3) is 0 Å². The zero-order chi connectivity index (χ0) is 22.0. The molecule has 1 rings (SSSR count). The molecular weight excluding hydrogens is 385 g/mol. The zero-order valence-corrected chi connectivity index (χ0v) is 19.7. The Hall–Kier alpha value is -0.710. The summed E-state index contributed by atoms with van der Waals surface area (Å²) in [4.78, 5) is 25.6. The van der Waals surface area contributed by atoms with Crippen LogP contribution in [-0.4, -0.2) is 25.1 Å². The van der Waals surface area contributed by atoms with E-state index < -0.39 is 7.82 Å². The highest BCUT2D eigenvalue weighted by Gasteiger charge is 2.14. The molecule has 0 N–H and O–H groups in total. The van der Waals surface area contributed by atoms with E-state index in [1.54, 1.807) is 0 Å². The molecule has 0 aromatic heterocycles. The number of rotatable bonds is 15. The van der Waals surface area contributed by atoms with Crippen molar-refractivity contribution in [2.75, 3.05) is 20.6 Å². The van der Waals surface area contributed by atoms with Gasteiger partial charge in [-0.15, -0.1) is 0 Å². The largest absolute Gasteiger partial charge is 0.822 e. The maximum atomic E-state index is 8.55. The first-order valence-corrected chi connectivity index (χ1v) is 12.7. The monoisotopic (exact) mass is 427 g/mol. The second-order valence-corrected chi connectivity index (χ2v) is 9.53. The molecule has 0 aliphatic rings. The smallest absolute Gasteiger partial charge is 0.104 e. The van der Waals surface area contributed by atoms with E-state index in [-0.39, 0.29) is 0 Å². The zero-order valence-electron chi connectivity index (χ0n) is 18.8. The Kier molecular flexibility index (Phi) is 16.6. The van der Waals surface area contributed by atoms with Gasteiger partial charge < -0.3 is 23.7 Å². The van der Waals surface area contributed by atoms with Crippen molar-refractivity contribution >= 4 is 7.82 Å². The summed E-state index contributed by atoms with van der Waals surface area (Å²) in [5.41, 5.74) is 1.46. The minimum absolute atomic E-state index is 1.11. The molecule has 0 unspecified atom stereocenters. The minimum atomic E-state index is -5.39. The van der Waals surface area contributed by atoms with Crippen LogP contribution in [0.15, 0.2) is 30.3 Å². The van der Waals surface area contributed by atoms with Gasteiger partial charge in [-0.2, -0.15) is 7.82 Å². The summed E-state index contributed by atoms with van der Waals surface area (Å²) in [6.45, 7) is 4.74. The third-order valence-electron chi connectivity index (χ3n) is 5.07. The van der Waals surface area contributed by atoms with Crippen LogP contribution in [0.2, 0.25) is 0 Å². The highest BCUT2D eigenvalue weighted by Crippen LogP contribution is 2.14. The van der Waals surface area contributed by atoms with Gasteiger partial charge in [-0.05, 0) is 12.8 Å². The van der Waals surface area contributed by atoms with Gasteiger partial charge in [0.1, 0.15) is 6.54 Å². The molecular formula is C23H42NO4P-2. The lowest BCUT2D eigenvalue weighted by Crippen LogP contribution is -2.39. The van der Waals surface area contributed by atoms with Gasteiger partial charge in [0.25, 0.3) is 0 Å². The molecule has 0 radical (unpaired) electrons. The molecule has 170 valence electrons. The Morgan fingerprint density at radius 3 is 1.52 bits per heavy atom. The molecule has 6 heteroatoms. The Bertz CT molecular complexity index is 523. The molecule has 0 aliphatic heterocycles. The van der Waals surface area contributed by atoms with Gasteiger partial charge in [0.15, 0.2) is 0 Å². The lowest BCUT2D eigenvalue weighted by atomic mass is 10.1. The normalized spacial score (nSPS) is 11.8. The maximum Gasteiger partial charge on any atom is 0.104 e. The predicted octanol–water partition coefficient (Wildman–Crippen LogP) is 4.14. The quantitative estimate of drug-likeness (QED) is 0.239. The fraction of sp³-hybridized carbons (Fsp3) is 0.739. The molecule has 29 heavy (non-hydrogen) atoms. The van der Waals surface area contributed by atoms with E-state index >= 15 is 0 Å². The van der Waals surface area contributed by atoms with Crippen molar-refractivity contribution in [3.8, 4) is 0 Å². The second-order valence-electron chi connectivity index (χ2n) is 8.64. The fourth-order valence-corrected chi connectivity index (χ4v) is 3.54. The average molecular weight is 428 g/mol. The highest BCUT2D eigenvalue weighted by molar-refractivity contribution is 7.40. The van der Waals surface area contributed by atoms with Crippen molar-refractivity contribution in [1.82, 2.24) is 0 Å². The van der Waals surface area contributed by atoms with Crippen molar-refractivity contribution in [1.29, 1.82) is 0 Å². The van der Waals surface area contributed by atoms with Crippen LogP contribution in [0.5, 0.6) is 0 Å². The highest BCUT2D eigenvalue weighted by atomic mass is 31.2. The Morgan fingerprint density at radius 1 is 0.724 bits per heavy atom. The third kappa shape index (κ3) is 23.4. The first kappa shape index (κ1) is 28.3. The van der Waals surface area contributed by atoms with E-state index in [1.165, 1.54) is 89.2 Å². The molecule has 0 heterocycles. The summed E-state index contributed by atoms with van der Waals surface area (Å²) in [7, 11) is -0.656. The van der Waals surface area contributed by atoms with E-state index in [0.717, 1.165) is 11.0 Å². The van der Waals surface area contributed by atoms with Gasteiger partial charge in [-0.3, -0.25) is 0 Å². The number of unbranched alkanes of at least 4 members (excludes halogenated alkanes) is 11. The van der Waals surface area contributed by atoms with Crippen LogP contribution in [-0.2, 0) is 11.1 Å². The van der Waals surface area contributed by atoms with Crippen LogP contribution in [0.3, 0.4) is 0 Å². The van der Waals surface area contributed by atoms with Crippen LogP contribution in [0.1, 0.15) is 89.5 Å². The molecule has 0 aliphatic carbocycles. The van der Waals surface area contributed by atoms with E-state index in [2.05, 4.69) is 51.4 Å². The van der Waals surface area contributed by atoms with Crippen molar-refractivity contribution in [2.24, 2.45) is 0 Å². The lowest BCUT2D eigenvalue weighted by molar-refractivity contribution is -0.903. The molecule has 0 atom stereocenters. The van der Waals surface area contributed by atoms with Crippen molar-refractivity contribution in [3.63, 3.8) is 0 Å². The molecule has 0 saturated heterocycles. The minimum Gasteiger partial charge on any atom is -0.822 e. The molecule has 0 fully saturated rings. The number of hydrogen-bond donors (Lipinski definition) is 0. The summed E-state index contributed by atoms with van der Waals surface area (Å²) < 4.78 is 9.66. The molecule has 5 nitrogen and oxygen atoms in total. The number of phosphoric acid groups is 1. The number of quaternary nitrogens is 1. The number of benzene rings is 1. The molecule has 1 aromatic carbocycles. The third-order valence-corrected chi connectivity index (χ3v) is 5.07. The Balaban J connectivity index is 0.00000139. The molecule has 0 amide bonds. The second kappa shape index (κ2) is 17.0. The average Bonchev–Trinajstić information content (AvgIpc) is 2.61. The summed E-state index contributed by atoms with van der Waals surface area (Å²) >= 11 is 0. The molecule has 0 bridgehead atoms.